The van der Waals surface area contributed by atoms with Crippen molar-refractivity contribution >= 4 is 5.91 Å². The number of carbonyl (C=O) groups is 1. The van der Waals surface area contributed by atoms with Crippen LogP contribution in [0.5, 0.6) is 0 Å². The molecule has 0 unspecified atom stereocenters. The van der Waals surface area contributed by atoms with E-state index in [2.05, 4.69) is 0 Å². The fourth-order valence-electron chi connectivity index (χ4n) is 1.46. The molecule has 0 saturated carbocycles. The zero-order valence-electron chi connectivity index (χ0n) is 10.3. The molecule has 0 aromatic heterocycles. The van der Waals surface area contributed by atoms with Gasteiger partial charge in [-0.15, -0.1) is 0 Å². The molecule has 0 aromatic rings. The topological polar surface area (TPSA) is 159 Å². The molecule has 0 bridgehead atoms. The van der Waals surface area contributed by atoms with E-state index >= 15 is 0 Å². The Labute approximate surface area is 111 Å². The minimum atomic E-state index is -0.976. The molecular weight excluding hydrogens is 282 g/mol. The molecule has 14 nitrogen and oxygen atoms in total. The van der Waals surface area contributed by atoms with E-state index in [-0.39, 0.29) is 0 Å². The van der Waals surface area contributed by atoms with Gasteiger partial charge in [0.15, 0.2) is 28.4 Å². The first-order valence-corrected chi connectivity index (χ1v) is 5.15. The highest BCUT2D eigenvalue weighted by atomic mass is 16.7. The van der Waals surface area contributed by atoms with Gasteiger partial charge in [-0.2, -0.15) is 0 Å². The second-order valence-electron chi connectivity index (χ2n) is 3.86. The van der Waals surface area contributed by atoms with Gasteiger partial charge in [-0.25, -0.2) is 30.3 Å². The molecule has 0 N–H and O–H groups in total. The molecule has 20 heavy (non-hydrogen) atoms. The predicted molar refractivity (Wildman–Crippen MR) is 58.5 cm³/mol. The Balaban J connectivity index is 3.02. The van der Waals surface area contributed by atoms with Crippen molar-refractivity contribution in [3.8, 4) is 0 Å². The average molecular weight is 293 g/mol. The fourth-order valence-corrected chi connectivity index (χ4v) is 1.46. The van der Waals surface area contributed by atoms with E-state index in [1.165, 1.54) is 0 Å². The van der Waals surface area contributed by atoms with Crippen LogP contribution >= 0.6 is 0 Å². The normalized spacial score (nSPS) is 16.4. The molecular formula is C6H11N7O7. The van der Waals surface area contributed by atoms with Gasteiger partial charge < -0.3 is 0 Å². The van der Waals surface area contributed by atoms with Gasteiger partial charge in [-0.1, -0.05) is 15.0 Å². The summed E-state index contributed by atoms with van der Waals surface area (Å²) in [7, 11) is 0. The van der Waals surface area contributed by atoms with Gasteiger partial charge in [-0.05, 0) is 0 Å². The summed E-state index contributed by atoms with van der Waals surface area (Å²) in [5.74, 6) is -0.627. The maximum Gasteiger partial charge on any atom is 0.222 e. The van der Waals surface area contributed by atoms with E-state index in [4.69, 9.17) is 0 Å². The number of hydrazine groups is 3. The average Bonchev–Trinajstić information content (AvgIpc) is 2.26. The summed E-state index contributed by atoms with van der Waals surface area (Å²) in [6.45, 7) is -1.71. The fraction of sp³-hybridized carbons (Fsp3) is 0.833. The van der Waals surface area contributed by atoms with Crippen LogP contribution in [-0.2, 0) is 4.79 Å². The van der Waals surface area contributed by atoms with Crippen LogP contribution in [0, 0.1) is 30.3 Å². The minimum absolute atomic E-state index is 0.309. The summed E-state index contributed by atoms with van der Waals surface area (Å²) in [5, 5.41) is 30.6. The zero-order chi connectivity index (χ0) is 15.4. The molecule has 14 heteroatoms. The van der Waals surface area contributed by atoms with Crippen molar-refractivity contribution in [3.05, 3.63) is 30.3 Å². The van der Waals surface area contributed by atoms with E-state index in [1.54, 1.807) is 0 Å². The van der Waals surface area contributed by atoms with Gasteiger partial charge in [0.1, 0.15) is 0 Å². The predicted octanol–water partition coefficient (Wildman–Crippen LogP) is -1.84. The van der Waals surface area contributed by atoms with Crippen LogP contribution in [0.15, 0.2) is 0 Å². The lowest BCUT2D eigenvalue weighted by Crippen LogP contribution is -2.59. The van der Waals surface area contributed by atoms with E-state index in [0.717, 1.165) is 11.8 Å². The molecule has 1 amide bonds. The quantitative estimate of drug-likeness (QED) is 0.427. The van der Waals surface area contributed by atoms with Crippen LogP contribution in [0.1, 0.15) is 6.92 Å². The van der Waals surface area contributed by atoms with Gasteiger partial charge in [-0.3, -0.25) is 9.69 Å². The zero-order valence-corrected chi connectivity index (χ0v) is 10.3. The van der Waals surface area contributed by atoms with Crippen LogP contribution in [0.25, 0.3) is 0 Å². The van der Waals surface area contributed by atoms with Gasteiger partial charge in [0.05, 0.1) is 0 Å². The summed E-state index contributed by atoms with van der Waals surface area (Å²) in [6.07, 6.45) is 0. The highest BCUT2D eigenvalue weighted by Crippen LogP contribution is 2.07. The number of nitro groups is 3. The summed E-state index contributed by atoms with van der Waals surface area (Å²) < 4.78 is 0. The Kier molecular flexibility index (Phi) is 4.39. The highest BCUT2D eigenvalue weighted by Gasteiger charge is 2.36. The van der Waals surface area contributed by atoms with Crippen LogP contribution < -0.4 is 0 Å². The maximum atomic E-state index is 11.3. The first kappa shape index (κ1) is 15.1. The maximum absolute atomic E-state index is 11.3. The van der Waals surface area contributed by atoms with Crippen molar-refractivity contribution in [1.29, 1.82) is 0 Å². The minimum Gasteiger partial charge on any atom is -0.296 e. The summed E-state index contributed by atoms with van der Waals surface area (Å²) in [5.41, 5.74) is 0. The van der Waals surface area contributed by atoms with Gasteiger partial charge in [0.25, 0.3) is 0 Å². The van der Waals surface area contributed by atoms with Crippen molar-refractivity contribution in [2.75, 3.05) is 26.7 Å². The van der Waals surface area contributed by atoms with E-state index in [9.17, 15) is 35.1 Å². The molecule has 1 saturated heterocycles. The van der Waals surface area contributed by atoms with E-state index in [0.29, 0.717) is 15.0 Å². The highest BCUT2D eigenvalue weighted by molar-refractivity contribution is 5.73. The number of hydrogen-bond acceptors (Lipinski definition) is 7. The molecule has 1 fully saturated rings. The Morgan fingerprint density at radius 2 is 1.10 bits per heavy atom. The Morgan fingerprint density at radius 3 is 1.35 bits per heavy atom. The van der Waals surface area contributed by atoms with Crippen molar-refractivity contribution in [2.45, 2.75) is 6.92 Å². The van der Waals surface area contributed by atoms with Gasteiger partial charge >= 0.3 is 0 Å². The number of carbonyl (C=O) groups excluding carboxylic acids is 1. The third-order valence-electron chi connectivity index (χ3n) is 2.46. The van der Waals surface area contributed by atoms with Crippen molar-refractivity contribution < 1.29 is 19.9 Å². The SMILES string of the molecule is CC(=O)N1CN([N+](=O)[O-])CN([N+](=O)[O-])CN([N+](=O)[O-])C1. The first-order valence-electron chi connectivity index (χ1n) is 5.15. The Hall–Kier alpha value is -2.93. The molecule has 0 spiro atoms. The molecule has 1 aliphatic rings. The second-order valence-corrected chi connectivity index (χ2v) is 3.86. The van der Waals surface area contributed by atoms with Crippen LogP contribution in [-0.4, -0.2) is 67.6 Å². The molecule has 1 heterocycles. The van der Waals surface area contributed by atoms with Crippen LogP contribution in [0.2, 0.25) is 0 Å². The van der Waals surface area contributed by atoms with Crippen molar-refractivity contribution in [3.63, 3.8) is 0 Å². The smallest absolute Gasteiger partial charge is 0.222 e. The largest absolute Gasteiger partial charge is 0.296 e. The van der Waals surface area contributed by atoms with Crippen LogP contribution in [0.3, 0.4) is 0 Å². The summed E-state index contributed by atoms with van der Waals surface area (Å²) >= 11 is 0. The molecule has 0 atom stereocenters. The number of amides is 1. The molecule has 0 aliphatic carbocycles. The lowest BCUT2D eigenvalue weighted by molar-refractivity contribution is -0.744. The molecule has 0 radical (unpaired) electrons. The lowest BCUT2D eigenvalue weighted by atomic mass is 10.5. The standard InChI is InChI=1S/C6H11N7O7/c1-6(14)7-2-8(11(15)16)4-10(13(19)20)5-9(3-7)12(17)18/h2-5H2,1H3. The number of hydrogen-bond donors (Lipinski definition) is 0. The third-order valence-corrected chi connectivity index (χ3v) is 2.46. The van der Waals surface area contributed by atoms with E-state index in [1.807, 2.05) is 0 Å². The van der Waals surface area contributed by atoms with Gasteiger partial charge in [0.2, 0.25) is 19.2 Å². The monoisotopic (exact) mass is 293 g/mol. The summed E-state index contributed by atoms with van der Waals surface area (Å²) in [6, 6.07) is 0. The Morgan fingerprint density at radius 1 is 0.800 bits per heavy atom. The molecule has 1 aliphatic heterocycles. The number of nitrogens with zero attached hydrogens (tertiary/aromatic N) is 7. The molecule has 0 aromatic carbocycles. The Bertz CT molecular complexity index is 353. The molecule has 112 valence electrons. The number of rotatable bonds is 3. The summed E-state index contributed by atoms with van der Waals surface area (Å²) in [4.78, 5) is 44.4. The third kappa shape index (κ3) is 3.53. The van der Waals surface area contributed by atoms with E-state index < -0.39 is 47.7 Å². The second kappa shape index (κ2) is 5.81. The van der Waals surface area contributed by atoms with Crippen molar-refractivity contribution in [1.82, 2.24) is 19.9 Å². The molecule has 1 rings (SSSR count). The van der Waals surface area contributed by atoms with Crippen molar-refractivity contribution in [2.24, 2.45) is 0 Å². The van der Waals surface area contributed by atoms with Gasteiger partial charge in [0, 0.05) is 6.92 Å². The lowest BCUT2D eigenvalue weighted by Gasteiger charge is -2.31. The first-order chi connectivity index (χ1) is 9.22. The van der Waals surface area contributed by atoms with Crippen LogP contribution in [0.4, 0.5) is 0 Å².